The number of hydrogen-bond acceptors (Lipinski definition) is 3. The largest absolute Gasteiger partial charge is 0.394 e. The minimum absolute atomic E-state index is 0.127. The molecule has 1 rings (SSSR count). The molecule has 0 bridgehead atoms. The van der Waals surface area contributed by atoms with Crippen LogP contribution in [0, 0.1) is 0 Å². The number of aliphatic hydroxyl groups excluding tert-OH is 1. The van der Waals surface area contributed by atoms with Crippen molar-refractivity contribution in [3.8, 4) is 0 Å². The van der Waals surface area contributed by atoms with E-state index in [1.807, 2.05) is 32.2 Å². The number of para-hydroxylation sites is 1. The fraction of sp³-hybridized carbons (Fsp3) is 0.571. The molecule has 0 amide bonds. The normalized spacial score (nSPS) is 14.7. The van der Waals surface area contributed by atoms with Crippen molar-refractivity contribution in [2.24, 2.45) is 0 Å². The Kier molecular flexibility index (Phi) is 4.97. The molecule has 1 aromatic carbocycles. The van der Waals surface area contributed by atoms with Crippen LogP contribution in [0.4, 0.5) is 5.69 Å². The van der Waals surface area contributed by atoms with Gasteiger partial charge in [-0.25, -0.2) is 0 Å². The van der Waals surface area contributed by atoms with E-state index < -0.39 is 0 Å². The molecule has 17 heavy (non-hydrogen) atoms. The van der Waals surface area contributed by atoms with Gasteiger partial charge in [0, 0.05) is 25.3 Å². The molecule has 1 unspecified atom stereocenters. The van der Waals surface area contributed by atoms with E-state index >= 15 is 0 Å². The molecule has 1 atom stereocenters. The predicted octanol–water partition coefficient (Wildman–Crippen LogP) is 1.87. The Morgan fingerprint density at radius 1 is 1.29 bits per heavy atom. The van der Waals surface area contributed by atoms with Gasteiger partial charge in [0.15, 0.2) is 0 Å². The summed E-state index contributed by atoms with van der Waals surface area (Å²) in [4.78, 5) is 2.16. The molecular formula is C14H24N2O. The third kappa shape index (κ3) is 4.36. The zero-order valence-corrected chi connectivity index (χ0v) is 11.3. The summed E-state index contributed by atoms with van der Waals surface area (Å²) >= 11 is 0. The third-order valence-corrected chi connectivity index (χ3v) is 2.77. The first-order valence-corrected chi connectivity index (χ1v) is 6.11. The van der Waals surface area contributed by atoms with Crippen molar-refractivity contribution in [3.05, 3.63) is 30.3 Å². The van der Waals surface area contributed by atoms with E-state index in [1.165, 1.54) is 0 Å². The van der Waals surface area contributed by atoms with Crippen LogP contribution in [0.25, 0.3) is 0 Å². The highest BCUT2D eigenvalue weighted by Gasteiger charge is 2.25. The van der Waals surface area contributed by atoms with Crippen LogP contribution in [0.15, 0.2) is 30.3 Å². The van der Waals surface area contributed by atoms with Gasteiger partial charge in [-0.15, -0.1) is 0 Å². The van der Waals surface area contributed by atoms with E-state index in [1.54, 1.807) is 0 Å². The van der Waals surface area contributed by atoms with Gasteiger partial charge in [0.1, 0.15) is 0 Å². The molecular weight excluding hydrogens is 212 g/mol. The molecule has 1 aromatic rings. The molecule has 0 aliphatic heterocycles. The van der Waals surface area contributed by atoms with Crippen molar-refractivity contribution < 1.29 is 5.11 Å². The minimum atomic E-state index is -0.279. The molecule has 2 N–H and O–H groups in total. The lowest BCUT2D eigenvalue weighted by atomic mass is 10.0. The van der Waals surface area contributed by atoms with Crippen LogP contribution in [0.2, 0.25) is 0 Å². The van der Waals surface area contributed by atoms with E-state index in [-0.39, 0.29) is 12.1 Å². The monoisotopic (exact) mass is 236 g/mol. The highest BCUT2D eigenvalue weighted by molar-refractivity contribution is 5.45. The van der Waals surface area contributed by atoms with Crippen LogP contribution in [-0.4, -0.2) is 36.9 Å². The van der Waals surface area contributed by atoms with E-state index in [2.05, 4.69) is 36.2 Å². The number of aliphatic hydroxyl groups is 1. The average Bonchev–Trinajstić information content (AvgIpc) is 2.29. The summed E-state index contributed by atoms with van der Waals surface area (Å²) < 4.78 is 0. The average molecular weight is 236 g/mol. The molecule has 0 fully saturated rings. The van der Waals surface area contributed by atoms with Gasteiger partial charge < -0.3 is 15.3 Å². The maximum absolute atomic E-state index is 9.54. The van der Waals surface area contributed by atoms with Gasteiger partial charge in [-0.05, 0) is 19.1 Å². The number of benzene rings is 1. The third-order valence-electron chi connectivity index (χ3n) is 2.77. The molecule has 0 aliphatic rings. The second-order valence-corrected chi connectivity index (χ2v) is 5.21. The zero-order valence-electron chi connectivity index (χ0n) is 11.3. The number of rotatable bonds is 6. The van der Waals surface area contributed by atoms with Gasteiger partial charge in [-0.1, -0.05) is 32.0 Å². The van der Waals surface area contributed by atoms with Gasteiger partial charge in [0.25, 0.3) is 0 Å². The zero-order chi connectivity index (χ0) is 12.9. The Bertz CT molecular complexity index is 326. The molecule has 0 heterocycles. The second-order valence-electron chi connectivity index (χ2n) is 5.21. The predicted molar refractivity (Wildman–Crippen MR) is 73.5 cm³/mol. The summed E-state index contributed by atoms with van der Waals surface area (Å²) in [6.45, 7) is 7.13. The second kappa shape index (κ2) is 6.03. The summed E-state index contributed by atoms with van der Waals surface area (Å²) in [5.41, 5.74) is 0.886. The standard InChI is InChI=1S/C14H24N2O/c1-12(2)15-14(3,11-17)10-16(4)13-8-6-5-7-9-13/h5-9,12,15,17H,10-11H2,1-4H3. The fourth-order valence-corrected chi connectivity index (χ4v) is 2.14. The maximum Gasteiger partial charge on any atom is 0.0628 e. The SMILES string of the molecule is CC(C)NC(C)(CO)CN(C)c1ccccc1. The first-order chi connectivity index (χ1) is 7.97. The lowest BCUT2D eigenvalue weighted by Gasteiger charge is -2.35. The summed E-state index contributed by atoms with van der Waals surface area (Å²) in [7, 11) is 2.05. The van der Waals surface area contributed by atoms with Crippen LogP contribution in [0.1, 0.15) is 20.8 Å². The molecule has 0 aliphatic carbocycles. The number of nitrogens with one attached hydrogen (secondary N) is 1. The topological polar surface area (TPSA) is 35.5 Å². The molecule has 0 saturated heterocycles. The van der Waals surface area contributed by atoms with Gasteiger partial charge in [0.2, 0.25) is 0 Å². The summed E-state index contributed by atoms with van der Waals surface area (Å²) in [6, 6.07) is 10.6. The van der Waals surface area contributed by atoms with Gasteiger partial charge in [-0.3, -0.25) is 0 Å². The molecule has 0 spiro atoms. The van der Waals surface area contributed by atoms with Crippen molar-refractivity contribution in [2.75, 3.05) is 25.1 Å². The number of hydrogen-bond donors (Lipinski definition) is 2. The van der Waals surface area contributed by atoms with Gasteiger partial charge in [-0.2, -0.15) is 0 Å². The minimum Gasteiger partial charge on any atom is -0.394 e. The van der Waals surface area contributed by atoms with Crippen LogP contribution in [0.3, 0.4) is 0 Å². The Hall–Kier alpha value is -1.06. The molecule has 0 aromatic heterocycles. The van der Waals surface area contributed by atoms with E-state index in [0.717, 1.165) is 12.2 Å². The van der Waals surface area contributed by atoms with Crippen molar-refractivity contribution in [1.29, 1.82) is 0 Å². The fourth-order valence-electron chi connectivity index (χ4n) is 2.14. The molecule has 0 saturated carbocycles. The first-order valence-electron chi connectivity index (χ1n) is 6.11. The van der Waals surface area contributed by atoms with Crippen LogP contribution in [0.5, 0.6) is 0 Å². The number of anilines is 1. The lowest BCUT2D eigenvalue weighted by molar-refractivity contribution is 0.170. The van der Waals surface area contributed by atoms with Crippen LogP contribution < -0.4 is 10.2 Å². The number of likely N-dealkylation sites (N-methyl/N-ethyl adjacent to an activating group) is 1. The van der Waals surface area contributed by atoms with E-state index in [4.69, 9.17) is 0 Å². The van der Waals surface area contributed by atoms with Crippen molar-refractivity contribution in [1.82, 2.24) is 5.32 Å². The van der Waals surface area contributed by atoms with E-state index in [0.29, 0.717) is 6.04 Å². The lowest BCUT2D eigenvalue weighted by Crippen LogP contribution is -2.55. The Morgan fingerprint density at radius 3 is 2.35 bits per heavy atom. The van der Waals surface area contributed by atoms with Crippen LogP contribution in [-0.2, 0) is 0 Å². The van der Waals surface area contributed by atoms with Crippen LogP contribution >= 0.6 is 0 Å². The highest BCUT2D eigenvalue weighted by atomic mass is 16.3. The Morgan fingerprint density at radius 2 is 1.88 bits per heavy atom. The Labute approximate surface area is 104 Å². The van der Waals surface area contributed by atoms with Gasteiger partial charge >= 0.3 is 0 Å². The van der Waals surface area contributed by atoms with Gasteiger partial charge in [0.05, 0.1) is 12.1 Å². The van der Waals surface area contributed by atoms with Crippen molar-refractivity contribution in [2.45, 2.75) is 32.4 Å². The maximum atomic E-state index is 9.54. The quantitative estimate of drug-likeness (QED) is 0.791. The molecule has 0 radical (unpaired) electrons. The summed E-state index contributed by atoms with van der Waals surface area (Å²) in [5.74, 6) is 0. The highest BCUT2D eigenvalue weighted by Crippen LogP contribution is 2.15. The van der Waals surface area contributed by atoms with E-state index in [9.17, 15) is 5.11 Å². The smallest absolute Gasteiger partial charge is 0.0628 e. The Balaban J connectivity index is 2.68. The van der Waals surface area contributed by atoms with Crippen molar-refractivity contribution >= 4 is 5.69 Å². The van der Waals surface area contributed by atoms with Crippen molar-refractivity contribution in [3.63, 3.8) is 0 Å². The number of nitrogens with zero attached hydrogens (tertiary/aromatic N) is 1. The first kappa shape index (κ1) is 14.0. The molecule has 3 nitrogen and oxygen atoms in total. The summed E-state index contributed by atoms with van der Waals surface area (Å²) in [5, 5.41) is 13.0. The molecule has 96 valence electrons. The summed E-state index contributed by atoms with van der Waals surface area (Å²) in [6.07, 6.45) is 0. The molecule has 3 heteroatoms.